The maximum absolute atomic E-state index is 8.36. The van der Waals surface area contributed by atoms with Crippen LogP contribution in [0.3, 0.4) is 0 Å². The highest BCUT2D eigenvalue weighted by molar-refractivity contribution is 5.29. The number of terminal acetylenes is 1. The first-order chi connectivity index (χ1) is 7.77. The van der Waals surface area contributed by atoms with E-state index < -0.39 is 0 Å². The number of ether oxygens (including phenoxy) is 1. The summed E-state index contributed by atoms with van der Waals surface area (Å²) in [6.07, 6.45) is 5.17. The Labute approximate surface area is 96.0 Å². The topological polar surface area (TPSA) is 45.0 Å². The van der Waals surface area contributed by atoms with Crippen LogP contribution in [0.1, 0.15) is 18.5 Å². The highest BCUT2D eigenvalue weighted by Gasteiger charge is 2.03. The van der Waals surface area contributed by atoms with Gasteiger partial charge in [-0.15, -0.1) is 6.42 Å². The monoisotopic (exact) mass is 214 g/mol. The smallest absolute Gasteiger partial charge is 0.174 e. The van der Waals surface area contributed by atoms with Gasteiger partial charge in [0.1, 0.15) is 11.8 Å². The van der Waals surface area contributed by atoms with E-state index in [-0.39, 0.29) is 12.6 Å². The van der Waals surface area contributed by atoms with Crippen LogP contribution in [-0.2, 0) is 0 Å². The number of benzene rings is 1. The highest BCUT2D eigenvalue weighted by atomic mass is 16.5. The molecule has 1 rings (SSSR count). The van der Waals surface area contributed by atoms with E-state index in [1.165, 1.54) is 0 Å². The van der Waals surface area contributed by atoms with E-state index in [1.54, 1.807) is 0 Å². The van der Waals surface area contributed by atoms with Crippen LogP contribution in [0.5, 0.6) is 5.75 Å². The lowest BCUT2D eigenvalue weighted by Crippen LogP contribution is -2.18. The average Bonchev–Trinajstić information content (AvgIpc) is 2.34. The van der Waals surface area contributed by atoms with Gasteiger partial charge in [-0.25, -0.2) is 0 Å². The molecule has 0 aliphatic rings. The summed E-state index contributed by atoms with van der Waals surface area (Å²) in [6.45, 7) is 2.67. The van der Waals surface area contributed by atoms with Gasteiger partial charge in [0.05, 0.1) is 6.54 Å². The molecular weight excluding hydrogens is 200 g/mol. The molecule has 3 heteroatoms. The molecule has 0 heterocycles. The lowest BCUT2D eigenvalue weighted by Gasteiger charge is -2.12. The first-order valence-corrected chi connectivity index (χ1v) is 5.04. The fourth-order valence-electron chi connectivity index (χ4n) is 1.30. The van der Waals surface area contributed by atoms with Gasteiger partial charge in [-0.1, -0.05) is 18.1 Å². The van der Waals surface area contributed by atoms with Crippen LogP contribution >= 0.6 is 0 Å². The van der Waals surface area contributed by atoms with Crippen LogP contribution < -0.4 is 10.1 Å². The normalized spacial score (nSPS) is 11.2. The third-order valence-electron chi connectivity index (χ3n) is 2.19. The number of hydrogen-bond acceptors (Lipinski definition) is 3. The van der Waals surface area contributed by atoms with E-state index in [4.69, 9.17) is 16.4 Å². The molecule has 3 nitrogen and oxygen atoms in total. The molecular formula is C13H14N2O. The third kappa shape index (κ3) is 3.65. The average molecular weight is 214 g/mol. The van der Waals surface area contributed by atoms with Gasteiger partial charge in [-0.2, -0.15) is 5.26 Å². The molecule has 1 atom stereocenters. The zero-order valence-electron chi connectivity index (χ0n) is 9.23. The Bertz CT molecular complexity index is 397. The van der Waals surface area contributed by atoms with Crippen molar-refractivity contribution < 1.29 is 4.74 Å². The molecule has 0 bridgehead atoms. The molecule has 0 radical (unpaired) electrons. The molecule has 0 saturated heterocycles. The second kappa shape index (κ2) is 6.50. The predicted octanol–water partition coefficient (Wildman–Crippen LogP) is 1.87. The molecule has 16 heavy (non-hydrogen) atoms. The number of nitriles is 1. The SMILES string of the molecule is C#CCNC(C)c1ccc(OCC#N)cc1. The number of rotatable bonds is 5. The van der Waals surface area contributed by atoms with Gasteiger partial charge in [0.25, 0.3) is 0 Å². The van der Waals surface area contributed by atoms with Crippen molar-refractivity contribution >= 4 is 0 Å². The van der Waals surface area contributed by atoms with E-state index in [1.807, 2.05) is 37.3 Å². The molecule has 82 valence electrons. The van der Waals surface area contributed by atoms with Gasteiger partial charge in [0.2, 0.25) is 0 Å². The zero-order valence-corrected chi connectivity index (χ0v) is 9.23. The highest BCUT2D eigenvalue weighted by Crippen LogP contribution is 2.17. The van der Waals surface area contributed by atoms with Crippen molar-refractivity contribution in [1.29, 1.82) is 5.26 Å². The van der Waals surface area contributed by atoms with Crippen molar-refractivity contribution in [2.75, 3.05) is 13.2 Å². The summed E-state index contributed by atoms with van der Waals surface area (Å²) < 4.78 is 5.16. The second-order valence-corrected chi connectivity index (χ2v) is 3.32. The Morgan fingerprint density at radius 3 is 2.69 bits per heavy atom. The van der Waals surface area contributed by atoms with Crippen molar-refractivity contribution in [3.63, 3.8) is 0 Å². The van der Waals surface area contributed by atoms with Crippen molar-refractivity contribution in [1.82, 2.24) is 5.32 Å². The van der Waals surface area contributed by atoms with E-state index in [2.05, 4.69) is 11.2 Å². The molecule has 0 saturated carbocycles. The number of nitrogens with one attached hydrogen (secondary N) is 1. The summed E-state index contributed by atoms with van der Waals surface area (Å²) in [5.41, 5.74) is 1.14. The molecule has 0 amide bonds. The first-order valence-electron chi connectivity index (χ1n) is 5.04. The molecule has 1 N–H and O–H groups in total. The van der Waals surface area contributed by atoms with E-state index in [0.29, 0.717) is 12.3 Å². The second-order valence-electron chi connectivity index (χ2n) is 3.32. The molecule has 0 spiro atoms. The molecule has 0 aromatic heterocycles. The first kappa shape index (κ1) is 12.1. The summed E-state index contributed by atoms with van der Waals surface area (Å²) in [5.74, 6) is 3.24. The Morgan fingerprint density at radius 1 is 1.44 bits per heavy atom. The lowest BCUT2D eigenvalue weighted by atomic mass is 10.1. The van der Waals surface area contributed by atoms with Gasteiger partial charge < -0.3 is 4.74 Å². The van der Waals surface area contributed by atoms with Crippen LogP contribution in [0, 0.1) is 23.7 Å². The summed E-state index contributed by atoms with van der Waals surface area (Å²) >= 11 is 0. The number of hydrogen-bond donors (Lipinski definition) is 1. The summed E-state index contributed by atoms with van der Waals surface area (Å²) in [5, 5.41) is 11.5. The maximum atomic E-state index is 8.36. The summed E-state index contributed by atoms with van der Waals surface area (Å²) in [7, 11) is 0. The van der Waals surface area contributed by atoms with Gasteiger partial charge in [-0.05, 0) is 24.6 Å². The lowest BCUT2D eigenvalue weighted by molar-refractivity contribution is 0.368. The van der Waals surface area contributed by atoms with Crippen molar-refractivity contribution in [3.05, 3.63) is 29.8 Å². The fourth-order valence-corrected chi connectivity index (χ4v) is 1.30. The molecule has 0 aliphatic carbocycles. The molecule has 0 aliphatic heterocycles. The molecule has 1 unspecified atom stereocenters. The van der Waals surface area contributed by atoms with E-state index in [9.17, 15) is 0 Å². The largest absolute Gasteiger partial charge is 0.479 e. The molecule has 1 aromatic rings. The maximum Gasteiger partial charge on any atom is 0.174 e. The zero-order chi connectivity index (χ0) is 11.8. The van der Waals surface area contributed by atoms with Gasteiger partial charge >= 0.3 is 0 Å². The Hall–Kier alpha value is -1.97. The van der Waals surface area contributed by atoms with Gasteiger partial charge in [0.15, 0.2) is 6.61 Å². The van der Waals surface area contributed by atoms with Crippen LogP contribution in [-0.4, -0.2) is 13.2 Å². The van der Waals surface area contributed by atoms with Crippen LogP contribution in [0.25, 0.3) is 0 Å². The molecule has 0 fully saturated rings. The van der Waals surface area contributed by atoms with E-state index >= 15 is 0 Å². The standard InChI is InChI=1S/C13H14N2O/c1-3-9-15-11(2)12-4-6-13(7-5-12)16-10-8-14/h1,4-7,11,15H,9-10H2,2H3. The fraction of sp³-hybridized carbons (Fsp3) is 0.308. The van der Waals surface area contributed by atoms with Gasteiger partial charge in [-0.3, -0.25) is 5.32 Å². The van der Waals surface area contributed by atoms with Crippen molar-refractivity contribution in [2.24, 2.45) is 0 Å². The van der Waals surface area contributed by atoms with Crippen LogP contribution in [0.15, 0.2) is 24.3 Å². The predicted molar refractivity (Wildman–Crippen MR) is 62.8 cm³/mol. The minimum absolute atomic E-state index is 0.0737. The Morgan fingerprint density at radius 2 is 2.12 bits per heavy atom. The molecule has 1 aromatic carbocycles. The minimum Gasteiger partial charge on any atom is -0.479 e. The third-order valence-corrected chi connectivity index (χ3v) is 2.19. The van der Waals surface area contributed by atoms with Crippen LogP contribution in [0.2, 0.25) is 0 Å². The number of nitrogens with zero attached hydrogens (tertiary/aromatic N) is 1. The minimum atomic E-state index is 0.0737. The van der Waals surface area contributed by atoms with Crippen molar-refractivity contribution in [2.45, 2.75) is 13.0 Å². The Kier molecular flexibility index (Phi) is 4.92. The van der Waals surface area contributed by atoms with Crippen molar-refractivity contribution in [3.8, 4) is 24.2 Å². The Balaban J connectivity index is 2.57. The van der Waals surface area contributed by atoms with Crippen LogP contribution in [0.4, 0.5) is 0 Å². The van der Waals surface area contributed by atoms with Gasteiger partial charge in [0, 0.05) is 6.04 Å². The summed E-state index contributed by atoms with van der Waals surface area (Å²) in [6, 6.07) is 9.75. The summed E-state index contributed by atoms with van der Waals surface area (Å²) in [4.78, 5) is 0. The quantitative estimate of drug-likeness (QED) is 0.761. The van der Waals surface area contributed by atoms with E-state index in [0.717, 1.165) is 5.56 Å².